The first-order valence-corrected chi connectivity index (χ1v) is 10.2. The van der Waals surface area contributed by atoms with Crippen molar-refractivity contribution in [3.8, 4) is 0 Å². The Bertz CT molecular complexity index is 931. The lowest BCUT2D eigenvalue weighted by Crippen LogP contribution is -2.83. The minimum absolute atomic E-state index is 0.0864. The second-order valence-corrected chi connectivity index (χ2v) is 8.87. The topological polar surface area (TPSA) is 62.2 Å². The Balaban J connectivity index is 1.80. The summed E-state index contributed by atoms with van der Waals surface area (Å²) in [5.74, 6) is -0.433. The van der Waals surface area contributed by atoms with E-state index < -0.39 is 22.8 Å². The molecule has 28 heavy (non-hydrogen) atoms. The molecule has 4 unspecified atom stereocenters. The molecule has 6 aliphatic heterocycles. The van der Waals surface area contributed by atoms with Crippen molar-refractivity contribution in [1.82, 2.24) is 4.90 Å². The average Bonchev–Trinajstić information content (AvgIpc) is 3.11. The van der Waals surface area contributed by atoms with Crippen LogP contribution >= 0.6 is 0 Å². The highest BCUT2D eigenvalue weighted by atomic mass is 16.6. The molecular weight excluding hydrogens is 356 g/mol. The lowest BCUT2D eigenvalue weighted by atomic mass is 9.43. The molecular formula is C22H26N2O4. The zero-order valence-corrected chi connectivity index (χ0v) is 16.5. The largest absolute Gasteiger partial charge is 0.468 e. The molecule has 5 saturated heterocycles. The van der Waals surface area contributed by atoms with Crippen molar-refractivity contribution >= 4 is 11.7 Å². The number of fused-ring (bicyclic) bond motifs is 3. The van der Waals surface area contributed by atoms with Crippen LogP contribution in [0.2, 0.25) is 0 Å². The third kappa shape index (κ3) is 1.31. The third-order valence-corrected chi connectivity index (χ3v) is 8.66. The number of carbonyl (C=O) groups is 1. The molecule has 7 aliphatic rings. The van der Waals surface area contributed by atoms with E-state index in [0.29, 0.717) is 0 Å². The number of nitrogens with zero attached hydrogens (tertiary/aromatic N) is 2. The fraction of sp³-hybridized carbons (Fsp3) is 0.591. The normalized spacial score (nSPS) is 48.6. The first-order chi connectivity index (χ1) is 13.5. The van der Waals surface area contributed by atoms with Gasteiger partial charge < -0.3 is 19.5 Å². The van der Waals surface area contributed by atoms with E-state index in [9.17, 15) is 9.90 Å². The number of para-hydroxylation sites is 1. The van der Waals surface area contributed by atoms with Gasteiger partial charge in [-0.05, 0) is 31.4 Å². The predicted octanol–water partition coefficient (Wildman–Crippen LogP) is 1.63. The highest BCUT2D eigenvalue weighted by Gasteiger charge is 2.89. The monoisotopic (exact) mass is 382 g/mol. The van der Waals surface area contributed by atoms with Gasteiger partial charge >= 0.3 is 5.97 Å². The first-order valence-electron chi connectivity index (χ1n) is 10.2. The third-order valence-electron chi connectivity index (χ3n) is 8.66. The fourth-order valence-electron chi connectivity index (χ4n) is 8.01. The molecule has 6 nitrogen and oxygen atoms in total. The van der Waals surface area contributed by atoms with Crippen LogP contribution in [0.5, 0.6) is 0 Å². The van der Waals surface area contributed by atoms with Gasteiger partial charge in [-0.15, -0.1) is 0 Å². The Hall–Kier alpha value is -1.89. The van der Waals surface area contributed by atoms with Gasteiger partial charge in [0.1, 0.15) is 11.1 Å². The van der Waals surface area contributed by atoms with Crippen LogP contribution in [0.25, 0.3) is 0 Å². The predicted molar refractivity (Wildman–Crippen MR) is 103 cm³/mol. The van der Waals surface area contributed by atoms with Gasteiger partial charge in [-0.3, -0.25) is 9.69 Å². The second kappa shape index (κ2) is 4.99. The van der Waals surface area contributed by atoms with Crippen molar-refractivity contribution in [3.05, 3.63) is 41.5 Å². The molecule has 6 heterocycles. The lowest BCUT2D eigenvalue weighted by Gasteiger charge is -2.67. The summed E-state index contributed by atoms with van der Waals surface area (Å²) in [6, 6.07) is 8.37. The Morgan fingerprint density at radius 2 is 2.18 bits per heavy atom. The molecule has 8 rings (SSSR count). The van der Waals surface area contributed by atoms with Crippen LogP contribution in [0.1, 0.15) is 25.3 Å². The van der Waals surface area contributed by atoms with Gasteiger partial charge in [0.05, 0.1) is 18.6 Å². The molecule has 1 aromatic rings. The maximum absolute atomic E-state index is 13.7. The molecule has 0 amide bonds. The van der Waals surface area contributed by atoms with Crippen molar-refractivity contribution < 1.29 is 19.4 Å². The van der Waals surface area contributed by atoms with Crippen LogP contribution in [0.3, 0.4) is 0 Å². The van der Waals surface area contributed by atoms with Gasteiger partial charge in [-0.2, -0.15) is 0 Å². The van der Waals surface area contributed by atoms with E-state index in [1.54, 1.807) is 0 Å². The van der Waals surface area contributed by atoms with E-state index in [-0.39, 0.29) is 18.0 Å². The van der Waals surface area contributed by atoms with Crippen molar-refractivity contribution in [2.24, 2.45) is 11.3 Å². The SMILES string of the molecule is C/C=C1/CN2CC[C@@]34c5ccccc5N(C)[C@@]23C2CC1C4(C(=O)OC)[C@H](O)O2. The summed E-state index contributed by atoms with van der Waals surface area (Å²) in [6.45, 7) is 3.71. The average molecular weight is 382 g/mol. The van der Waals surface area contributed by atoms with Gasteiger partial charge in [0.25, 0.3) is 0 Å². The van der Waals surface area contributed by atoms with Crippen molar-refractivity contribution in [2.75, 3.05) is 32.1 Å². The molecule has 1 aromatic carbocycles. The maximum Gasteiger partial charge on any atom is 0.318 e. The number of carbonyl (C=O) groups excluding carboxylic acids is 1. The number of rotatable bonds is 1. The number of benzene rings is 1. The molecule has 6 fully saturated rings. The molecule has 6 heteroatoms. The molecule has 0 aromatic heterocycles. The van der Waals surface area contributed by atoms with E-state index in [0.717, 1.165) is 37.2 Å². The summed E-state index contributed by atoms with van der Waals surface area (Å²) in [4.78, 5) is 18.5. The summed E-state index contributed by atoms with van der Waals surface area (Å²) in [7, 11) is 3.56. The number of methoxy groups -OCH3 is 1. The summed E-state index contributed by atoms with van der Waals surface area (Å²) < 4.78 is 11.7. The summed E-state index contributed by atoms with van der Waals surface area (Å²) >= 11 is 0. The molecule has 6 bridgehead atoms. The van der Waals surface area contributed by atoms with Crippen LogP contribution in [-0.2, 0) is 19.7 Å². The maximum atomic E-state index is 13.7. The van der Waals surface area contributed by atoms with Crippen LogP contribution < -0.4 is 4.90 Å². The number of hydrogen-bond donors (Lipinski definition) is 1. The minimum atomic E-state index is -1.18. The van der Waals surface area contributed by atoms with Crippen molar-refractivity contribution in [3.63, 3.8) is 0 Å². The Morgan fingerprint density at radius 3 is 2.93 bits per heavy atom. The van der Waals surface area contributed by atoms with E-state index >= 15 is 0 Å². The van der Waals surface area contributed by atoms with Crippen LogP contribution in [0.4, 0.5) is 5.69 Å². The molecule has 1 N–H and O–H groups in total. The summed E-state index contributed by atoms with van der Waals surface area (Å²) in [5, 5.41) is 11.4. The quantitative estimate of drug-likeness (QED) is 0.589. The van der Waals surface area contributed by atoms with Gasteiger partial charge in [0.15, 0.2) is 6.29 Å². The number of hydrogen-bond acceptors (Lipinski definition) is 6. The number of aliphatic hydroxyl groups excluding tert-OH is 1. The smallest absolute Gasteiger partial charge is 0.318 e. The van der Waals surface area contributed by atoms with Crippen LogP contribution in [0, 0.1) is 11.3 Å². The van der Waals surface area contributed by atoms with Crippen molar-refractivity contribution in [1.29, 1.82) is 0 Å². The summed E-state index contributed by atoms with van der Waals surface area (Å²) in [6.07, 6.45) is 2.33. The Morgan fingerprint density at radius 1 is 1.39 bits per heavy atom. The molecule has 1 aliphatic carbocycles. The number of ether oxygens (including phenoxy) is 2. The van der Waals surface area contributed by atoms with E-state index in [1.807, 2.05) is 19.1 Å². The number of esters is 1. The molecule has 148 valence electrons. The van der Waals surface area contributed by atoms with Crippen molar-refractivity contribution in [2.45, 2.75) is 43.2 Å². The fourth-order valence-corrected chi connectivity index (χ4v) is 8.01. The zero-order chi connectivity index (χ0) is 19.5. The van der Waals surface area contributed by atoms with E-state index in [4.69, 9.17) is 9.47 Å². The zero-order valence-electron chi connectivity index (χ0n) is 16.5. The highest BCUT2D eigenvalue weighted by Crippen LogP contribution is 2.77. The van der Waals surface area contributed by atoms with Gasteiger partial charge in [0.2, 0.25) is 0 Å². The Kier molecular flexibility index (Phi) is 3.03. The molecule has 1 spiro atoms. The highest BCUT2D eigenvalue weighted by molar-refractivity contribution is 5.87. The first kappa shape index (κ1) is 17.0. The number of aliphatic hydroxyl groups is 1. The molecule has 1 saturated carbocycles. The molecule has 7 atom stereocenters. The molecule has 0 radical (unpaired) electrons. The number of likely N-dealkylation sites (N-methyl/N-ethyl adjacent to an activating group) is 1. The second-order valence-electron chi connectivity index (χ2n) is 8.87. The summed E-state index contributed by atoms with van der Waals surface area (Å²) in [5.41, 5.74) is 1.31. The lowest BCUT2D eigenvalue weighted by molar-refractivity contribution is -0.331. The van der Waals surface area contributed by atoms with E-state index in [1.165, 1.54) is 12.7 Å². The van der Waals surface area contributed by atoms with Crippen LogP contribution in [-0.4, -0.2) is 61.3 Å². The Labute approximate surface area is 164 Å². The minimum Gasteiger partial charge on any atom is -0.468 e. The van der Waals surface area contributed by atoms with E-state index in [2.05, 4.69) is 35.1 Å². The standard InChI is InChI=1S/C22H26N2O4/c1-4-13-12-24-10-9-20-14-7-5-6-8-16(14)23(2)22(20,24)17-11-15(13)21(20,18(25)27-3)19(26)28-17/h4-8,15,17,19,26H,9-12H2,1-3H3/b13-4-/t15?,17?,19-,20+,21?,22+/m1/s1. The number of anilines is 1. The van der Waals surface area contributed by atoms with Gasteiger partial charge in [-0.25, -0.2) is 0 Å². The van der Waals surface area contributed by atoms with Gasteiger partial charge in [0, 0.05) is 31.7 Å². The number of allylic oxidation sites excluding steroid dienone is 1. The van der Waals surface area contributed by atoms with Crippen LogP contribution in [0.15, 0.2) is 35.9 Å². The van der Waals surface area contributed by atoms with Gasteiger partial charge in [-0.1, -0.05) is 29.8 Å².